The van der Waals surface area contributed by atoms with Crippen molar-refractivity contribution in [3.63, 3.8) is 0 Å². The third-order valence-corrected chi connectivity index (χ3v) is 5.95. The number of hydrogen-bond acceptors (Lipinski definition) is 3. The summed E-state index contributed by atoms with van der Waals surface area (Å²) in [4.78, 5) is -0.0328. The third kappa shape index (κ3) is 4.57. The molecule has 0 amide bonds. The lowest BCUT2D eigenvalue weighted by Crippen LogP contribution is -2.42. The first-order valence-corrected chi connectivity index (χ1v) is 8.99. The van der Waals surface area contributed by atoms with E-state index in [0.717, 1.165) is 0 Å². The second-order valence-electron chi connectivity index (χ2n) is 5.76. The van der Waals surface area contributed by atoms with Crippen molar-refractivity contribution in [1.82, 2.24) is 4.31 Å². The van der Waals surface area contributed by atoms with Crippen LogP contribution in [0.2, 0.25) is 10.0 Å². The van der Waals surface area contributed by atoms with Crippen LogP contribution in [-0.2, 0) is 10.0 Å². The molecule has 0 heterocycles. The molecule has 0 aliphatic carbocycles. The van der Waals surface area contributed by atoms with Crippen LogP contribution in [0.4, 0.5) is 0 Å². The fraction of sp³-hybridized carbons (Fsp3) is 0.571. The molecule has 1 aromatic rings. The van der Waals surface area contributed by atoms with Gasteiger partial charge in [0.2, 0.25) is 10.0 Å². The third-order valence-electron chi connectivity index (χ3n) is 3.15. The highest BCUT2D eigenvalue weighted by Crippen LogP contribution is 2.32. The molecule has 4 nitrogen and oxygen atoms in total. The number of benzene rings is 1. The monoisotopic (exact) mass is 352 g/mol. The fourth-order valence-electron chi connectivity index (χ4n) is 1.93. The maximum absolute atomic E-state index is 12.9. The Labute approximate surface area is 137 Å². The Morgan fingerprint density at radius 2 is 1.76 bits per heavy atom. The van der Waals surface area contributed by atoms with Gasteiger partial charge < -0.3 is 5.73 Å². The Morgan fingerprint density at radius 1 is 1.24 bits per heavy atom. The Kier molecular flexibility index (Phi) is 6.50. The van der Waals surface area contributed by atoms with E-state index >= 15 is 0 Å². The molecule has 120 valence electrons. The van der Waals surface area contributed by atoms with Crippen LogP contribution in [-0.4, -0.2) is 32.4 Å². The molecule has 0 aliphatic rings. The van der Waals surface area contributed by atoms with Crippen molar-refractivity contribution in [2.24, 2.45) is 11.1 Å². The Balaban J connectivity index is 3.29. The molecular weight excluding hydrogens is 331 g/mol. The highest BCUT2D eigenvalue weighted by molar-refractivity contribution is 7.89. The van der Waals surface area contributed by atoms with Crippen LogP contribution < -0.4 is 5.73 Å². The molecule has 7 heteroatoms. The Morgan fingerprint density at radius 3 is 2.19 bits per heavy atom. The van der Waals surface area contributed by atoms with Gasteiger partial charge in [0.1, 0.15) is 4.90 Å². The molecule has 0 atom stereocenters. The van der Waals surface area contributed by atoms with Gasteiger partial charge in [-0.3, -0.25) is 0 Å². The van der Waals surface area contributed by atoms with Gasteiger partial charge in [-0.15, -0.1) is 0 Å². The first-order chi connectivity index (χ1) is 9.65. The zero-order valence-electron chi connectivity index (χ0n) is 12.6. The number of hydrogen-bond donors (Lipinski definition) is 1. The van der Waals surface area contributed by atoms with Crippen LogP contribution in [0.3, 0.4) is 0 Å². The second-order valence-corrected chi connectivity index (χ2v) is 8.45. The van der Waals surface area contributed by atoms with Gasteiger partial charge in [-0.25, -0.2) is 8.42 Å². The second kappa shape index (κ2) is 7.29. The number of rotatable bonds is 7. The molecule has 0 saturated heterocycles. The van der Waals surface area contributed by atoms with Crippen LogP contribution in [0.5, 0.6) is 0 Å². The van der Waals surface area contributed by atoms with E-state index in [1.807, 2.05) is 20.8 Å². The standard InChI is InChI=1S/C14H22Cl2N2O2S/c1-4-8-18(10-14(2,3)9-17)21(19,20)13-11(15)6-5-7-12(13)16/h5-7H,4,8-10,17H2,1-3H3. The van der Waals surface area contributed by atoms with Crippen molar-refractivity contribution in [2.75, 3.05) is 19.6 Å². The summed E-state index contributed by atoms with van der Waals surface area (Å²) in [6, 6.07) is 4.68. The first-order valence-electron chi connectivity index (χ1n) is 6.80. The zero-order chi connectivity index (χ0) is 16.3. The molecule has 2 N–H and O–H groups in total. The van der Waals surface area contributed by atoms with Gasteiger partial charge in [0.05, 0.1) is 10.0 Å². The molecule has 0 radical (unpaired) electrons. The highest BCUT2D eigenvalue weighted by Gasteiger charge is 2.32. The lowest BCUT2D eigenvalue weighted by Gasteiger charge is -2.31. The predicted octanol–water partition coefficient (Wildman–Crippen LogP) is 3.38. The summed E-state index contributed by atoms with van der Waals surface area (Å²) in [7, 11) is -3.75. The summed E-state index contributed by atoms with van der Waals surface area (Å²) in [5, 5.41) is 0.267. The van der Waals surface area contributed by atoms with Crippen molar-refractivity contribution in [2.45, 2.75) is 32.1 Å². The SMILES string of the molecule is CCCN(CC(C)(C)CN)S(=O)(=O)c1c(Cl)cccc1Cl. The van der Waals surface area contributed by atoms with E-state index in [4.69, 9.17) is 28.9 Å². The molecule has 0 spiro atoms. The molecule has 0 fully saturated rings. The van der Waals surface area contributed by atoms with Gasteiger partial charge in [0, 0.05) is 13.1 Å². The van der Waals surface area contributed by atoms with E-state index in [0.29, 0.717) is 26.1 Å². The van der Waals surface area contributed by atoms with Gasteiger partial charge in [-0.2, -0.15) is 4.31 Å². The van der Waals surface area contributed by atoms with Gasteiger partial charge in [-0.1, -0.05) is 50.0 Å². The molecule has 0 saturated carbocycles. The van der Waals surface area contributed by atoms with Crippen molar-refractivity contribution < 1.29 is 8.42 Å². The molecule has 0 bridgehead atoms. The van der Waals surface area contributed by atoms with Crippen LogP contribution in [0.1, 0.15) is 27.2 Å². The summed E-state index contributed by atoms with van der Waals surface area (Å²) >= 11 is 12.1. The van der Waals surface area contributed by atoms with E-state index in [1.165, 1.54) is 16.4 Å². The summed E-state index contributed by atoms with van der Waals surface area (Å²) < 4.78 is 27.2. The molecular formula is C14H22Cl2N2O2S. The Bertz CT molecular complexity index is 568. The van der Waals surface area contributed by atoms with Crippen LogP contribution >= 0.6 is 23.2 Å². The molecule has 21 heavy (non-hydrogen) atoms. The summed E-state index contributed by atoms with van der Waals surface area (Å²) in [6.07, 6.45) is 0.696. The largest absolute Gasteiger partial charge is 0.330 e. The smallest absolute Gasteiger partial charge is 0.246 e. The van der Waals surface area contributed by atoms with E-state index in [-0.39, 0.29) is 20.4 Å². The van der Waals surface area contributed by atoms with Crippen LogP contribution in [0.25, 0.3) is 0 Å². The van der Waals surface area contributed by atoms with Gasteiger partial charge in [0.25, 0.3) is 0 Å². The van der Waals surface area contributed by atoms with E-state index in [2.05, 4.69) is 0 Å². The minimum Gasteiger partial charge on any atom is -0.330 e. The number of nitrogens with zero attached hydrogens (tertiary/aromatic N) is 1. The van der Waals surface area contributed by atoms with Gasteiger partial charge >= 0.3 is 0 Å². The lowest BCUT2D eigenvalue weighted by atomic mass is 9.94. The van der Waals surface area contributed by atoms with E-state index < -0.39 is 10.0 Å². The lowest BCUT2D eigenvalue weighted by molar-refractivity contribution is 0.266. The van der Waals surface area contributed by atoms with Crippen LogP contribution in [0.15, 0.2) is 23.1 Å². The van der Waals surface area contributed by atoms with Gasteiger partial charge in [-0.05, 0) is 30.5 Å². The molecule has 1 aromatic carbocycles. The summed E-state index contributed by atoms with van der Waals surface area (Å²) in [6.45, 7) is 6.89. The molecule has 0 aromatic heterocycles. The number of halogens is 2. The molecule has 1 rings (SSSR count). The topological polar surface area (TPSA) is 63.4 Å². The summed E-state index contributed by atoms with van der Waals surface area (Å²) in [5.74, 6) is 0. The van der Waals surface area contributed by atoms with E-state index in [9.17, 15) is 8.42 Å². The number of sulfonamides is 1. The summed E-state index contributed by atoms with van der Waals surface area (Å²) in [5.41, 5.74) is 5.40. The molecule has 0 unspecified atom stereocenters. The highest BCUT2D eigenvalue weighted by atomic mass is 35.5. The van der Waals surface area contributed by atoms with Crippen molar-refractivity contribution >= 4 is 33.2 Å². The van der Waals surface area contributed by atoms with Crippen LogP contribution in [0, 0.1) is 5.41 Å². The predicted molar refractivity (Wildman–Crippen MR) is 88.3 cm³/mol. The normalized spacial score (nSPS) is 12.9. The number of nitrogens with two attached hydrogens (primary N) is 1. The minimum atomic E-state index is -3.75. The minimum absolute atomic E-state index is 0.0328. The zero-order valence-corrected chi connectivity index (χ0v) is 14.9. The van der Waals surface area contributed by atoms with Crippen molar-refractivity contribution in [3.8, 4) is 0 Å². The van der Waals surface area contributed by atoms with Crippen molar-refractivity contribution in [1.29, 1.82) is 0 Å². The first kappa shape index (κ1) is 18.7. The fourth-order valence-corrected chi connectivity index (χ4v) is 4.75. The maximum Gasteiger partial charge on any atom is 0.246 e. The average Bonchev–Trinajstić information content (AvgIpc) is 2.37. The van der Waals surface area contributed by atoms with E-state index in [1.54, 1.807) is 6.07 Å². The quantitative estimate of drug-likeness (QED) is 0.817. The van der Waals surface area contributed by atoms with Gasteiger partial charge in [0.15, 0.2) is 0 Å². The maximum atomic E-state index is 12.9. The molecule has 0 aliphatic heterocycles. The van der Waals surface area contributed by atoms with Crippen molar-refractivity contribution in [3.05, 3.63) is 28.2 Å². The average molecular weight is 353 g/mol. The Hall–Kier alpha value is -0.330.